The van der Waals surface area contributed by atoms with Gasteiger partial charge in [-0.1, -0.05) is 51.4 Å². The third kappa shape index (κ3) is 9.96. The first kappa shape index (κ1) is 25.2. The number of carboxylic acid groups (broad SMARTS) is 2. The van der Waals surface area contributed by atoms with Gasteiger partial charge in [0, 0.05) is 13.8 Å². The molecule has 0 amide bonds. The Morgan fingerprint density at radius 2 is 1.04 bits per heavy atom. The van der Waals surface area contributed by atoms with Gasteiger partial charge in [0.25, 0.3) is 11.9 Å². The summed E-state index contributed by atoms with van der Waals surface area (Å²) in [5.74, 6) is -1.67. The molecule has 0 bridgehead atoms. The van der Waals surface area contributed by atoms with Gasteiger partial charge in [0.05, 0.1) is 0 Å². The Morgan fingerprint density at radius 3 is 1.33 bits per heavy atom. The molecule has 0 heterocycles. The van der Waals surface area contributed by atoms with Crippen molar-refractivity contribution in [3.8, 4) is 0 Å². The maximum absolute atomic E-state index is 9.00. The van der Waals surface area contributed by atoms with Crippen LogP contribution in [0.25, 0.3) is 0 Å². The van der Waals surface area contributed by atoms with Crippen LogP contribution in [0.3, 0.4) is 0 Å². The fourth-order valence-corrected chi connectivity index (χ4v) is 3.08. The van der Waals surface area contributed by atoms with Crippen LogP contribution in [0, 0.1) is 0 Å². The van der Waals surface area contributed by atoms with Gasteiger partial charge in [-0.2, -0.15) is 35.4 Å². The first-order valence-electron chi connectivity index (χ1n) is 8.01. The van der Waals surface area contributed by atoms with Crippen LogP contribution >= 0.6 is 0 Å². The van der Waals surface area contributed by atoms with Crippen molar-refractivity contribution in [2.24, 2.45) is 0 Å². The molecule has 0 saturated carbocycles. The second kappa shape index (κ2) is 14.3. The maximum atomic E-state index is 9.00. The van der Waals surface area contributed by atoms with Crippen molar-refractivity contribution >= 4 is 11.9 Å². The summed E-state index contributed by atoms with van der Waals surface area (Å²) in [5.41, 5.74) is 6.94. The van der Waals surface area contributed by atoms with Crippen molar-refractivity contribution in [3.63, 3.8) is 0 Å². The number of rotatable bonds is 0. The summed E-state index contributed by atoms with van der Waals surface area (Å²) in [6.07, 6.45) is 11.2. The molecule has 0 spiro atoms. The Labute approximate surface area is 159 Å². The summed E-state index contributed by atoms with van der Waals surface area (Å²) >= 11 is 0. The molecule has 24 heavy (non-hydrogen) atoms. The first-order chi connectivity index (χ1) is 10.9. The number of hydrogen-bond acceptors (Lipinski definition) is 3. The molecule has 0 saturated heterocycles. The first-order valence-corrected chi connectivity index (χ1v) is 8.01. The van der Waals surface area contributed by atoms with Gasteiger partial charge in [0.2, 0.25) is 0 Å². The minimum absolute atomic E-state index is 0. The van der Waals surface area contributed by atoms with E-state index in [0.717, 1.165) is 21.0 Å². The van der Waals surface area contributed by atoms with Crippen molar-refractivity contribution < 1.29 is 46.6 Å². The zero-order valence-electron chi connectivity index (χ0n) is 14.9. The monoisotopic (exact) mass is 372 g/mol. The van der Waals surface area contributed by atoms with Gasteiger partial charge in [-0.05, 0) is 0 Å². The van der Waals surface area contributed by atoms with Gasteiger partial charge in [-0.15, -0.1) is 0 Å². The standard InChI is InChI=1S/C13H17.2C2H4O2.CH3O.Ti/c1-3-7-12-10(5-1)9-11-6-2-4-8-13(11)12;2*1-2(3)4;1-2;/h9H,1-8H2;2*1H3,(H,3,4);1H3;/q-1;;;-1;+2. The van der Waals surface area contributed by atoms with E-state index in [1.54, 1.807) is 22.3 Å². The number of hydrogen-bond donors (Lipinski definition) is 2. The van der Waals surface area contributed by atoms with Crippen molar-refractivity contribution in [2.45, 2.75) is 65.2 Å². The molecule has 0 unspecified atom stereocenters. The van der Waals surface area contributed by atoms with E-state index in [2.05, 4.69) is 6.07 Å². The molecule has 0 aromatic heterocycles. The molecule has 0 aliphatic heterocycles. The smallest absolute Gasteiger partial charge is 0.857 e. The van der Waals surface area contributed by atoms with E-state index < -0.39 is 11.9 Å². The average Bonchev–Trinajstić information content (AvgIpc) is 2.87. The van der Waals surface area contributed by atoms with Crippen LogP contribution < -0.4 is 5.11 Å². The van der Waals surface area contributed by atoms with Gasteiger partial charge in [-0.25, -0.2) is 0 Å². The zero-order valence-corrected chi connectivity index (χ0v) is 16.4. The second-order valence-corrected chi connectivity index (χ2v) is 5.60. The fraction of sp³-hybridized carbons (Fsp3) is 0.611. The molecule has 0 fully saturated rings. The van der Waals surface area contributed by atoms with Crippen LogP contribution in [-0.4, -0.2) is 29.3 Å². The van der Waals surface area contributed by atoms with Crippen molar-refractivity contribution in [1.82, 2.24) is 0 Å². The molecule has 6 heteroatoms. The van der Waals surface area contributed by atoms with Crippen LogP contribution in [-0.2, 0) is 57.0 Å². The number of carboxylic acids is 2. The van der Waals surface area contributed by atoms with Crippen LogP contribution in [0.5, 0.6) is 0 Å². The predicted molar refractivity (Wildman–Crippen MR) is 87.9 cm³/mol. The molecule has 1 aromatic carbocycles. The fourth-order valence-electron chi connectivity index (χ4n) is 3.08. The third-order valence-electron chi connectivity index (χ3n) is 3.73. The van der Waals surface area contributed by atoms with Gasteiger partial charge >= 0.3 is 21.7 Å². The molecule has 2 N–H and O–H groups in total. The predicted octanol–water partition coefficient (Wildman–Crippen LogP) is 2.32. The third-order valence-corrected chi connectivity index (χ3v) is 3.73. The molecule has 5 nitrogen and oxygen atoms in total. The van der Waals surface area contributed by atoms with Gasteiger partial charge in [-0.3, -0.25) is 9.59 Å². The largest absolute Gasteiger partial charge is 2.00 e. The van der Waals surface area contributed by atoms with Crippen molar-refractivity contribution in [3.05, 3.63) is 28.3 Å². The van der Waals surface area contributed by atoms with Crippen molar-refractivity contribution in [2.75, 3.05) is 7.11 Å². The van der Waals surface area contributed by atoms with E-state index in [4.69, 9.17) is 24.9 Å². The molecular formula is C18H28O5Ti. The summed E-state index contributed by atoms with van der Waals surface area (Å²) in [6, 6.07) is 2.52. The number of aliphatic carboxylic acids is 2. The molecule has 134 valence electrons. The Balaban J connectivity index is 0. The van der Waals surface area contributed by atoms with E-state index in [0.29, 0.717) is 0 Å². The van der Waals surface area contributed by atoms with Crippen LogP contribution in [0.1, 0.15) is 61.8 Å². The Kier molecular flexibility index (Phi) is 15.0. The average molecular weight is 372 g/mol. The number of fused-ring (bicyclic) bond motifs is 3. The zero-order chi connectivity index (χ0) is 17.8. The van der Waals surface area contributed by atoms with E-state index in [-0.39, 0.29) is 21.7 Å². The van der Waals surface area contributed by atoms with Gasteiger partial charge in [0.15, 0.2) is 0 Å². The summed E-state index contributed by atoms with van der Waals surface area (Å²) in [7, 11) is 0.750. The van der Waals surface area contributed by atoms with Gasteiger partial charge < -0.3 is 15.3 Å². The van der Waals surface area contributed by atoms with E-state index in [1.807, 2.05) is 0 Å². The molecule has 2 aliphatic rings. The minimum atomic E-state index is -0.833. The molecule has 0 radical (unpaired) electrons. The summed E-state index contributed by atoms with van der Waals surface area (Å²) in [4.78, 5) is 18.0. The Morgan fingerprint density at radius 1 is 0.792 bits per heavy atom. The summed E-state index contributed by atoms with van der Waals surface area (Å²) in [5, 5.41) is 23.1. The second-order valence-electron chi connectivity index (χ2n) is 5.60. The van der Waals surface area contributed by atoms with E-state index >= 15 is 0 Å². The summed E-state index contributed by atoms with van der Waals surface area (Å²) < 4.78 is 0. The number of carbonyl (C=O) groups is 2. The topological polar surface area (TPSA) is 97.7 Å². The minimum Gasteiger partial charge on any atom is -0.857 e. The number of aryl methyl sites for hydroxylation is 2. The summed E-state index contributed by atoms with van der Waals surface area (Å²) in [6.45, 7) is 2.17. The molecule has 1 aromatic rings. The van der Waals surface area contributed by atoms with E-state index in [1.165, 1.54) is 51.4 Å². The maximum Gasteiger partial charge on any atom is 2.00 e. The molecule has 0 atom stereocenters. The van der Waals surface area contributed by atoms with Gasteiger partial charge in [0.1, 0.15) is 0 Å². The quantitative estimate of drug-likeness (QED) is 0.538. The van der Waals surface area contributed by atoms with Crippen molar-refractivity contribution in [1.29, 1.82) is 0 Å². The molecule has 3 rings (SSSR count). The van der Waals surface area contributed by atoms with Crippen LogP contribution in [0.15, 0.2) is 6.07 Å². The molecule has 2 aliphatic carbocycles. The Hall–Kier alpha value is -1.04. The SMILES string of the molecule is CC(=O)O.CC(=O)O.C[O-].[Ti+2].[cH-]1c2c(c3c1CCCC3)CCCC2. The van der Waals surface area contributed by atoms with Crippen LogP contribution in [0.4, 0.5) is 0 Å². The normalized spacial score (nSPS) is 13.7. The molecular weight excluding hydrogens is 344 g/mol. The van der Waals surface area contributed by atoms with Crippen LogP contribution in [0.2, 0.25) is 0 Å². The Bertz CT molecular complexity index is 443. The van der Waals surface area contributed by atoms with E-state index in [9.17, 15) is 0 Å².